The van der Waals surface area contributed by atoms with Crippen molar-refractivity contribution in [1.29, 1.82) is 0 Å². The van der Waals surface area contributed by atoms with E-state index < -0.39 is 0 Å². The van der Waals surface area contributed by atoms with E-state index in [4.69, 9.17) is 0 Å². The molecule has 0 unspecified atom stereocenters. The minimum absolute atomic E-state index is 1.05. The summed E-state index contributed by atoms with van der Waals surface area (Å²) in [6.07, 6.45) is 16.7. The number of H-pyrrole nitrogens is 1. The van der Waals surface area contributed by atoms with Gasteiger partial charge in [-0.3, -0.25) is 0 Å². The summed E-state index contributed by atoms with van der Waals surface area (Å²) in [7, 11) is 0. The van der Waals surface area contributed by atoms with Gasteiger partial charge in [0.1, 0.15) is 0 Å². The lowest BCUT2D eigenvalue weighted by atomic mass is 9.96. The summed E-state index contributed by atoms with van der Waals surface area (Å²) >= 11 is 0. The molecule has 1 aromatic heterocycles. The van der Waals surface area contributed by atoms with Gasteiger partial charge in [0.2, 0.25) is 0 Å². The van der Waals surface area contributed by atoms with Crippen molar-refractivity contribution >= 4 is 54.1 Å². The van der Waals surface area contributed by atoms with E-state index in [1.807, 2.05) is 26.8 Å². The van der Waals surface area contributed by atoms with Gasteiger partial charge >= 0.3 is 0 Å². The van der Waals surface area contributed by atoms with Crippen LogP contribution in [-0.2, 0) is 0 Å². The predicted molar refractivity (Wildman–Crippen MR) is 207 cm³/mol. The highest BCUT2D eigenvalue weighted by Crippen LogP contribution is 2.40. The highest BCUT2D eigenvalue weighted by atomic mass is 14.7. The van der Waals surface area contributed by atoms with Gasteiger partial charge in [-0.25, -0.2) is 0 Å². The fraction of sp³-hybridized carbons (Fsp3) is 0.227. The van der Waals surface area contributed by atoms with Gasteiger partial charge in [-0.15, -0.1) is 0 Å². The van der Waals surface area contributed by atoms with Crippen LogP contribution in [0.25, 0.3) is 54.1 Å². The molecule has 0 spiro atoms. The van der Waals surface area contributed by atoms with E-state index in [1.165, 1.54) is 65.3 Å². The molecule has 45 heavy (non-hydrogen) atoms. The Bertz CT molecular complexity index is 1940. The number of hydrogen-bond donors (Lipinski definition) is 1. The fourth-order valence-electron chi connectivity index (χ4n) is 5.42. The molecule has 1 heterocycles. The van der Waals surface area contributed by atoms with Crippen molar-refractivity contribution in [2.24, 2.45) is 0 Å². The second-order valence-electron chi connectivity index (χ2n) is 11.0. The molecule has 0 radical (unpaired) electrons. The van der Waals surface area contributed by atoms with E-state index in [9.17, 15) is 0 Å². The number of aromatic amines is 1. The zero-order valence-corrected chi connectivity index (χ0v) is 28.3. The molecule has 0 aliphatic heterocycles. The Morgan fingerprint density at radius 3 is 1.71 bits per heavy atom. The largest absolute Gasteiger partial charge is 0.353 e. The van der Waals surface area contributed by atoms with Crippen molar-refractivity contribution in [1.82, 2.24) is 4.98 Å². The molecule has 0 atom stereocenters. The Balaban J connectivity index is 0.000000229. The summed E-state index contributed by atoms with van der Waals surface area (Å²) in [4.78, 5) is 3.76. The molecular formula is C44H51N. The van der Waals surface area contributed by atoms with Gasteiger partial charge in [0.25, 0.3) is 0 Å². The van der Waals surface area contributed by atoms with Crippen molar-refractivity contribution in [3.05, 3.63) is 146 Å². The Morgan fingerprint density at radius 1 is 0.622 bits per heavy atom. The second-order valence-corrected chi connectivity index (χ2v) is 11.0. The maximum Gasteiger partial charge on any atom is 0.0551 e. The number of allylic oxidation sites excluding steroid dienone is 8. The number of aromatic nitrogens is 1. The van der Waals surface area contributed by atoms with Crippen molar-refractivity contribution in [2.75, 3.05) is 0 Å². The lowest BCUT2D eigenvalue weighted by Crippen LogP contribution is -1.80. The molecule has 5 aromatic carbocycles. The third-order valence-electron chi connectivity index (χ3n) is 8.04. The third kappa shape index (κ3) is 8.73. The van der Waals surface area contributed by atoms with Crippen LogP contribution in [-0.4, -0.2) is 4.98 Å². The molecule has 1 N–H and O–H groups in total. The SMILES string of the molecule is C/C=C\CC.C=C(CC)C/C=C\C.C=C/C(=C/C)CC.c1ccc2c(c1)ccc1c2[nH]c2c3ccccc3c3ccccc3c12. The lowest BCUT2D eigenvalue weighted by molar-refractivity contribution is 1.04. The second kappa shape index (κ2) is 18.2. The van der Waals surface area contributed by atoms with Gasteiger partial charge in [0.15, 0.2) is 0 Å². The topological polar surface area (TPSA) is 15.8 Å². The molecule has 6 aromatic rings. The summed E-state index contributed by atoms with van der Waals surface area (Å²) in [6, 6.07) is 30.5. The molecule has 232 valence electrons. The lowest BCUT2D eigenvalue weighted by Gasteiger charge is -2.07. The Labute approximate surface area is 271 Å². The summed E-state index contributed by atoms with van der Waals surface area (Å²) in [5, 5.41) is 10.4. The Morgan fingerprint density at radius 2 is 1.20 bits per heavy atom. The van der Waals surface area contributed by atoms with E-state index in [0.29, 0.717) is 0 Å². The highest BCUT2D eigenvalue weighted by Gasteiger charge is 2.14. The fourth-order valence-corrected chi connectivity index (χ4v) is 5.42. The van der Waals surface area contributed by atoms with Gasteiger partial charge in [-0.2, -0.15) is 0 Å². The number of hydrogen-bond acceptors (Lipinski definition) is 0. The van der Waals surface area contributed by atoms with E-state index in [1.54, 1.807) is 0 Å². The van der Waals surface area contributed by atoms with Crippen molar-refractivity contribution in [2.45, 2.75) is 67.2 Å². The standard InChI is InChI=1S/C24H15N.C8H14.C7H12.C5H10/c1-2-8-16-15(7-1)13-14-21-22-19-11-5-3-9-17(19)18-10-4-6-12-20(18)24(22)25-23(16)21;1-4-6-7-8(3)5-2;1-4-7(5-2)6-3;1-3-5-4-2/h1-14,25H;4,6H,3,5,7H2,1-2H3;4-5H,1,6H2,2-3H3;3,5H,4H2,1-2H3/b;6-4-;7-5-;5-3-. The molecule has 0 saturated carbocycles. The summed E-state index contributed by atoms with van der Waals surface area (Å²) in [6.45, 7) is 20.0. The monoisotopic (exact) mass is 593 g/mol. The first-order valence-corrected chi connectivity index (χ1v) is 16.4. The summed E-state index contributed by atoms with van der Waals surface area (Å²) < 4.78 is 0. The average Bonchev–Trinajstić information content (AvgIpc) is 3.50. The zero-order chi connectivity index (χ0) is 32.6. The van der Waals surface area contributed by atoms with Gasteiger partial charge < -0.3 is 4.98 Å². The third-order valence-corrected chi connectivity index (χ3v) is 8.04. The van der Waals surface area contributed by atoms with E-state index in [0.717, 1.165) is 25.7 Å². The smallest absolute Gasteiger partial charge is 0.0551 e. The zero-order valence-electron chi connectivity index (χ0n) is 28.3. The van der Waals surface area contributed by atoms with E-state index >= 15 is 0 Å². The quantitative estimate of drug-likeness (QED) is 0.112. The van der Waals surface area contributed by atoms with Crippen LogP contribution in [0.15, 0.2) is 146 Å². The Hall–Kier alpha value is -4.62. The van der Waals surface area contributed by atoms with Crippen LogP contribution in [0.1, 0.15) is 67.2 Å². The van der Waals surface area contributed by atoms with Crippen molar-refractivity contribution in [3.8, 4) is 0 Å². The van der Waals surface area contributed by atoms with Crippen LogP contribution in [0.2, 0.25) is 0 Å². The minimum atomic E-state index is 1.05. The first kappa shape index (κ1) is 34.9. The van der Waals surface area contributed by atoms with Gasteiger partial charge in [-0.1, -0.05) is 166 Å². The molecule has 1 heteroatoms. The molecule has 0 amide bonds. The molecule has 0 bridgehead atoms. The number of benzene rings is 5. The van der Waals surface area contributed by atoms with Crippen LogP contribution in [0.4, 0.5) is 0 Å². The summed E-state index contributed by atoms with van der Waals surface area (Å²) in [5.74, 6) is 0. The molecule has 0 aliphatic carbocycles. The van der Waals surface area contributed by atoms with E-state index in [-0.39, 0.29) is 0 Å². The van der Waals surface area contributed by atoms with Gasteiger partial charge in [0, 0.05) is 21.5 Å². The highest BCUT2D eigenvalue weighted by molar-refractivity contribution is 6.33. The van der Waals surface area contributed by atoms with Crippen LogP contribution >= 0.6 is 0 Å². The van der Waals surface area contributed by atoms with Crippen molar-refractivity contribution < 1.29 is 0 Å². The number of fused-ring (bicyclic) bond motifs is 10. The van der Waals surface area contributed by atoms with Crippen LogP contribution in [0, 0.1) is 0 Å². The maximum atomic E-state index is 3.86. The molecule has 0 aliphatic rings. The molecular weight excluding hydrogens is 542 g/mol. The van der Waals surface area contributed by atoms with Crippen molar-refractivity contribution in [3.63, 3.8) is 0 Å². The van der Waals surface area contributed by atoms with Gasteiger partial charge in [-0.05, 0) is 68.0 Å². The predicted octanol–water partition coefficient (Wildman–Crippen LogP) is 14.2. The maximum absolute atomic E-state index is 3.86. The molecule has 0 fully saturated rings. The van der Waals surface area contributed by atoms with Crippen LogP contribution in [0.5, 0.6) is 0 Å². The summed E-state index contributed by atoms with van der Waals surface area (Å²) in [5.41, 5.74) is 5.10. The Kier molecular flexibility index (Phi) is 14.1. The molecule has 1 nitrogen and oxygen atoms in total. The normalized spacial score (nSPS) is 11.4. The average molecular weight is 594 g/mol. The molecule has 0 saturated heterocycles. The van der Waals surface area contributed by atoms with Crippen LogP contribution < -0.4 is 0 Å². The first-order valence-electron chi connectivity index (χ1n) is 16.4. The van der Waals surface area contributed by atoms with Crippen LogP contribution in [0.3, 0.4) is 0 Å². The number of nitrogens with one attached hydrogen (secondary N) is 1. The minimum Gasteiger partial charge on any atom is -0.353 e. The number of rotatable bonds is 6. The van der Waals surface area contributed by atoms with Gasteiger partial charge in [0.05, 0.1) is 11.0 Å². The molecule has 6 rings (SSSR count). The first-order chi connectivity index (χ1) is 22.0. The van der Waals surface area contributed by atoms with E-state index in [2.05, 4.69) is 154 Å².